The number of nitriles is 1. The van der Waals surface area contributed by atoms with Crippen molar-refractivity contribution in [3.8, 4) is 17.6 Å². The Morgan fingerprint density at radius 1 is 1.19 bits per heavy atom. The molecule has 0 aliphatic carbocycles. The molecule has 0 aliphatic heterocycles. The van der Waals surface area contributed by atoms with Crippen molar-refractivity contribution in [2.24, 2.45) is 0 Å². The van der Waals surface area contributed by atoms with E-state index in [1.54, 1.807) is 19.1 Å². The average Bonchev–Trinajstić information content (AvgIpc) is 2.52. The molecule has 4 nitrogen and oxygen atoms in total. The molecule has 108 valence electrons. The van der Waals surface area contributed by atoms with Crippen LogP contribution in [0.2, 0.25) is 0 Å². The second-order valence-electron chi connectivity index (χ2n) is 4.65. The molecule has 21 heavy (non-hydrogen) atoms. The smallest absolute Gasteiger partial charge is 0.136 e. The number of benzene rings is 2. The van der Waals surface area contributed by atoms with Gasteiger partial charge in [-0.15, -0.1) is 0 Å². The summed E-state index contributed by atoms with van der Waals surface area (Å²) in [4.78, 5) is 0. The molecule has 1 atom stereocenters. The molecule has 4 heteroatoms. The first-order valence-corrected chi connectivity index (χ1v) is 6.62. The van der Waals surface area contributed by atoms with Crippen LogP contribution in [0.5, 0.6) is 11.5 Å². The van der Waals surface area contributed by atoms with Gasteiger partial charge < -0.3 is 14.6 Å². The van der Waals surface area contributed by atoms with Gasteiger partial charge in [-0.2, -0.15) is 5.26 Å². The number of hydrogen-bond donors (Lipinski definition) is 1. The van der Waals surface area contributed by atoms with E-state index in [4.69, 9.17) is 14.7 Å². The summed E-state index contributed by atoms with van der Waals surface area (Å²) in [5.74, 6) is 1.19. The summed E-state index contributed by atoms with van der Waals surface area (Å²) in [5, 5.41) is 18.8. The summed E-state index contributed by atoms with van der Waals surface area (Å²) >= 11 is 0. The Morgan fingerprint density at radius 2 is 1.95 bits per heavy atom. The molecule has 2 aromatic carbocycles. The topological polar surface area (TPSA) is 62.5 Å². The highest BCUT2D eigenvalue weighted by Gasteiger charge is 2.09. The molecule has 2 aromatic rings. The van der Waals surface area contributed by atoms with Crippen LogP contribution in [0.4, 0.5) is 0 Å². The molecule has 2 rings (SSSR count). The van der Waals surface area contributed by atoms with Crippen LogP contribution in [0.3, 0.4) is 0 Å². The van der Waals surface area contributed by atoms with Gasteiger partial charge in [0.2, 0.25) is 0 Å². The van der Waals surface area contributed by atoms with Gasteiger partial charge in [0.25, 0.3) is 0 Å². The molecule has 0 bridgehead atoms. The first-order chi connectivity index (χ1) is 10.2. The summed E-state index contributed by atoms with van der Waals surface area (Å²) in [6.07, 6.45) is -0.591. The van der Waals surface area contributed by atoms with Crippen LogP contribution in [0.25, 0.3) is 0 Å². The standard InChI is InChI=1S/C17H17NO3/c1-12(19)15-5-3-4-6-17(15)21-11-13-7-8-16(20-2)14(9-13)10-18/h3-9,12,19H,11H2,1-2H3/t12-/m1/s1. The molecule has 0 saturated heterocycles. The van der Waals surface area contributed by atoms with E-state index in [1.165, 1.54) is 7.11 Å². The maximum absolute atomic E-state index is 9.71. The van der Waals surface area contributed by atoms with Crippen LogP contribution in [0, 0.1) is 11.3 Å². The number of nitrogens with zero attached hydrogens (tertiary/aromatic N) is 1. The van der Waals surface area contributed by atoms with Crippen molar-refractivity contribution < 1.29 is 14.6 Å². The van der Waals surface area contributed by atoms with E-state index in [2.05, 4.69) is 6.07 Å². The molecule has 0 amide bonds. The monoisotopic (exact) mass is 283 g/mol. The average molecular weight is 283 g/mol. The third kappa shape index (κ3) is 3.53. The zero-order valence-electron chi connectivity index (χ0n) is 12.0. The molecular formula is C17H17NO3. The van der Waals surface area contributed by atoms with E-state index in [0.29, 0.717) is 23.7 Å². The van der Waals surface area contributed by atoms with E-state index >= 15 is 0 Å². The van der Waals surface area contributed by atoms with Crippen LogP contribution >= 0.6 is 0 Å². The molecule has 1 N–H and O–H groups in total. The van der Waals surface area contributed by atoms with Crippen molar-refractivity contribution >= 4 is 0 Å². The van der Waals surface area contributed by atoms with Crippen molar-refractivity contribution in [2.75, 3.05) is 7.11 Å². The zero-order valence-corrected chi connectivity index (χ0v) is 12.0. The second kappa shape index (κ2) is 6.78. The largest absolute Gasteiger partial charge is 0.495 e. The SMILES string of the molecule is COc1ccc(COc2ccccc2[C@@H](C)O)cc1C#N. The highest BCUT2D eigenvalue weighted by atomic mass is 16.5. The van der Waals surface area contributed by atoms with Crippen LogP contribution in [0.15, 0.2) is 42.5 Å². The van der Waals surface area contributed by atoms with Gasteiger partial charge in [-0.1, -0.05) is 24.3 Å². The Balaban J connectivity index is 2.16. The normalized spacial score (nSPS) is 11.5. The third-order valence-electron chi connectivity index (χ3n) is 3.15. The number of aliphatic hydroxyl groups is 1. The lowest BCUT2D eigenvalue weighted by atomic mass is 10.1. The predicted molar refractivity (Wildman–Crippen MR) is 79.1 cm³/mol. The zero-order chi connectivity index (χ0) is 15.2. The number of rotatable bonds is 5. The molecule has 0 aromatic heterocycles. The number of ether oxygens (including phenoxy) is 2. The Labute approximate surface area is 124 Å². The van der Waals surface area contributed by atoms with Crippen LogP contribution in [-0.2, 0) is 6.61 Å². The highest BCUT2D eigenvalue weighted by molar-refractivity contribution is 5.45. The Kier molecular flexibility index (Phi) is 4.81. The van der Waals surface area contributed by atoms with Crippen molar-refractivity contribution in [3.63, 3.8) is 0 Å². The molecule has 0 fully saturated rings. The minimum Gasteiger partial charge on any atom is -0.495 e. The Morgan fingerprint density at radius 3 is 2.62 bits per heavy atom. The number of hydrogen-bond acceptors (Lipinski definition) is 4. The molecule has 0 radical (unpaired) electrons. The van der Waals surface area contributed by atoms with E-state index in [9.17, 15) is 5.11 Å². The van der Waals surface area contributed by atoms with E-state index < -0.39 is 6.10 Å². The maximum Gasteiger partial charge on any atom is 0.136 e. The summed E-state index contributed by atoms with van der Waals surface area (Å²) in [6, 6.07) is 14.8. The van der Waals surface area contributed by atoms with E-state index in [0.717, 1.165) is 11.1 Å². The van der Waals surface area contributed by atoms with Crippen LogP contribution in [-0.4, -0.2) is 12.2 Å². The summed E-state index contributed by atoms with van der Waals surface area (Å²) in [5.41, 5.74) is 2.08. The highest BCUT2D eigenvalue weighted by Crippen LogP contribution is 2.26. The predicted octanol–water partition coefficient (Wildman–Crippen LogP) is 3.20. The van der Waals surface area contributed by atoms with E-state index in [1.807, 2.05) is 30.3 Å². The minimum atomic E-state index is -0.591. The Hall–Kier alpha value is -2.51. The fourth-order valence-corrected chi connectivity index (χ4v) is 2.05. The molecule has 0 saturated carbocycles. The summed E-state index contributed by atoms with van der Waals surface area (Å²) in [7, 11) is 1.53. The fraction of sp³-hybridized carbons (Fsp3) is 0.235. The van der Waals surface area contributed by atoms with Crippen molar-refractivity contribution in [3.05, 3.63) is 59.2 Å². The third-order valence-corrected chi connectivity index (χ3v) is 3.15. The van der Waals surface area contributed by atoms with Crippen molar-refractivity contribution in [1.82, 2.24) is 0 Å². The number of aliphatic hydroxyl groups excluding tert-OH is 1. The Bertz CT molecular complexity index is 659. The van der Waals surface area contributed by atoms with Gasteiger partial charge in [0, 0.05) is 5.56 Å². The minimum absolute atomic E-state index is 0.322. The van der Waals surface area contributed by atoms with Gasteiger partial charge in [-0.3, -0.25) is 0 Å². The molecule has 0 heterocycles. The van der Waals surface area contributed by atoms with Crippen LogP contribution in [0.1, 0.15) is 29.7 Å². The molecule has 0 spiro atoms. The fourth-order valence-electron chi connectivity index (χ4n) is 2.05. The lowest BCUT2D eigenvalue weighted by molar-refractivity contribution is 0.190. The second-order valence-corrected chi connectivity index (χ2v) is 4.65. The van der Waals surface area contributed by atoms with Gasteiger partial charge in [-0.25, -0.2) is 0 Å². The van der Waals surface area contributed by atoms with Crippen LogP contribution < -0.4 is 9.47 Å². The number of para-hydroxylation sites is 1. The van der Waals surface area contributed by atoms with Gasteiger partial charge >= 0.3 is 0 Å². The lowest BCUT2D eigenvalue weighted by Gasteiger charge is -2.13. The van der Waals surface area contributed by atoms with Gasteiger partial charge in [0.1, 0.15) is 24.2 Å². The molecule has 0 unspecified atom stereocenters. The maximum atomic E-state index is 9.71. The number of methoxy groups -OCH3 is 1. The van der Waals surface area contributed by atoms with Gasteiger partial charge in [0.15, 0.2) is 0 Å². The molecular weight excluding hydrogens is 266 g/mol. The summed E-state index contributed by atoms with van der Waals surface area (Å²) in [6.45, 7) is 2.02. The summed E-state index contributed by atoms with van der Waals surface area (Å²) < 4.78 is 10.9. The van der Waals surface area contributed by atoms with Gasteiger partial charge in [0.05, 0.1) is 18.8 Å². The lowest BCUT2D eigenvalue weighted by Crippen LogP contribution is -2.01. The van der Waals surface area contributed by atoms with Crippen molar-refractivity contribution in [2.45, 2.75) is 19.6 Å². The van der Waals surface area contributed by atoms with E-state index in [-0.39, 0.29) is 0 Å². The quantitative estimate of drug-likeness (QED) is 0.915. The first-order valence-electron chi connectivity index (χ1n) is 6.62. The van der Waals surface area contributed by atoms with Gasteiger partial charge in [-0.05, 0) is 30.7 Å². The van der Waals surface area contributed by atoms with Crippen molar-refractivity contribution in [1.29, 1.82) is 5.26 Å². The molecule has 0 aliphatic rings. The first kappa shape index (κ1) is 14.9.